The number of nitrogens with zero attached hydrogens (tertiary/aromatic N) is 4. The molecular weight excluding hydrogens is 294 g/mol. The van der Waals surface area contributed by atoms with Crippen LogP contribution in [0.2, 0.25) is 0 Å². The smallest absolute Gasteiger partial charge is 0.257 e. The highest BCUT2D eigenvalue weighted by Gasteiger charge is 2.18. The predicted octanol–water partition coefficient (Wildman–Crippen LogP) is 2.00. The van der Waals surface area contributed by atoms with E-state index in [1.807, 2.05) is 6.07 Å². The van der Waals surface area contributed by atoms with Crippen molar-refractivity contribution in [2.45, 2.75) is 39.7 Å². The number of hydrogen-bond acceptors (Lipinski definition) is 6. The van der Waals surface area contributed by atoms with E-state index in [1.165, 1.54) is 19.3 Å². The Morgan fingerprint density at radius 1 is 1.30 bits per heavy atom. The van der Waals surface area contributed by atoms with Crippen LogP contribution in [0.5, 0.6) is 0 Å². The number of rotatable bonds is 4. The van der Waals surface area contributed by atoms with Crippen molar-refractivity contribution in [1.29, 1.82) is 0 Å². The number of carbonyl (C=O) groups excluding carboxylic acids is 1. The van der Waals surface area contributed by atoms with E-state index in [9.17, 15) is 4.79 Å². The van der Waals surface area contributed by atoms with Gasteiger partial charge in [0.1, 0.15) is 11.3 Å². The van der Waals surface area contributed by atoms with Gasteiger partial charge in [0, 0.05) is 19.3 Å². The van der Waals surface area contributed by atoms with Crippen LogP contribution in [0.15, 0.2) is 16.8 Å². The Bertz CT molecular complexity index is 672. The van der Waals surface area contributed by atoms with E-state index >= 15 is 0 Å². The molecule has 0 aromatic carbocycles. The summed E-state index contributed by atoms with van der Waals surface area (Å²) in [5.74, 6) is 1.07. The van der Waals surface area contributed by atoms with Gasteiger partial charge in [-0.25, -0.2) is 9.97 Å². The lowest BCUT2D eigenvalue weighted by Crippen LogP contribution is -2.31. The highest BCUT2D eigenvalue weighted by molar-refractivity contribution is 5.95. The fourth-order valence-electron chi connectivity index (χ4n) is 2.80. The molecule has 1 saturated heterocycles. The van der Waals surface area contributed by atoms with Crippen molar-refractivity contribution in [2.75, 3.05) is 18.0 Å². The van der Waals surface area contributed by atoms with Crippen LogP contribution in [-0.4, -0.2) is 34.1 Å². The molecule has 0 spiro atoms. The molecule has 0 unspecified atom stereocenters. The first-order chi connectivity index (χ1) is 11.1. The molecule has 1 aliphatic rings. The summed E-state index contributed by atoms with van der Waals surface area (Å²) < 4.78 is 5.02. The van der Waals surface area contributed by atoms with Crippen LogP contribution < -0.4 is 10.2 Å². The number of anilines is 1. The standard InChI is InChI=1S/C16H21N5O2/c1-11-14(12(2)23-20-11)15(22)18-10-13-6-7-17-16(19-13)21-8-4-3-5-9-21/h6-7H,3-5,8-10H2,1-2H3,(H,18,22). The van der Waals surface area contributed by atoms with E-state index in [1.54, 1.807) is 20.0 Å². The molecule has 2 aromatic heterocycles. The Labute approximate surface area is 135 Å². The van der Waals surface area contributed by atoms with Crippen LogP contribution >= 0.6 is 0 Å². The third-order valence-electron chi connectivity index (χ3n) is 4.03. The zero-order valence-electron chi connectivity index (χ0n) is 13.5. The number of hydrogen-bond donors (Lipinski definition) is 1. The normalized spacial score (nSPS) is 14.8. The molecule has 0 bridgehead atoms. The fourth-order valence-corrected chi connectivity index (χ4v) is 2.80. The van der Waals surface area contributed by atoms with Gasteiger partial charge < -0.3 is 14.7 Å². The zero-order chi connectivity index (χ0) is 16.2. The summed E-state index contributed by atoms with van der Waals surface area (Å²) in [6.07, 6.45) is 5.37. The second kappa shape index (κ2) is 6.76. The number of piperidine rings is 1. The Morgan fingerprint density at radius 2 is 2.09 bits per heavy atom. The summed E-state index contributed by atoms with van der Waals surface area (Å²) >= 11 is 0. The quantitative estimate of drug-likeness (QED) is 0.929. The maximum atomic E-state index is 12.2. The molecule has 2 aromatic rings. The van der Waals surface area contributed by atoms with E-state index in [-0.39, 0.29) is 5.91 Å². The first kappa shape index (κ1) is 15.5. The van der Waals surface area contributed by atoms with E-state index < -0.39 is 0 Å². The molecule has 1 amide bonds. The molecule has 1 aliphatic heterocycles. The van der Waals surface area contributed by atoms with Crippen LogP contribution in [0.1, 0.15) is 46.8 Å². The lowest BCUT2D eigenvalue weighted by Gasteiger charge is -2.26. The Balaban J connectivity index is 1.65. The summed E-state index contributed by atoms with van der Waals surface area (Å²) in [7, 11) is 0. The van der Waals surface area contributed by atoms with Gasteiger partial charge in [0.2, 0.25) is 5.95 Å². The Morgan fingerprint density at radius 3 is 2.78 bits per heavy atom. The van der Waals surface area contributed by atoms with Crippen LogP contribution in [0.4, 0.5) is 5.95 Å². The van der Waals surface area contributed by atoms with Gasteiger partial charge in [-0.1, -0.05) is 5.16 Å². The van der Waals surface area contributed by atoms with Crippen molar-refractivity contribution in [3.05, 3.63) is 35.0 Å². The highest BCUT2D eigenvalue weighted by atomic mass is 16.5. The van der Waals surface area contributed by atoms with Crippen molar-refractivity contribution in [1.82, 2.24) is 20.4 Å². The maximum absolute atomic E-state index is 12.2. The van der Waals surface area contributed by atoms with Crippen LogP contribution in [0, 0.1) is 13.8 Å². The van der Waals surface area contributed by atoms with E-state index in [2.05, 4.69) is 25.3 Å². The molecule has 0 radical (unpaired) electrons. The fraction of sp³-hybridized carbons (Fsp3) is 0.500. The number of nitrogens with one attached hydrogen (secondary N) is 1. The average Bonchev–Trinajstić information content (AvgIpc) is 2.92. The van der Waals surface area contributed by atoms with Crippen molar-refractivity contribution >= 4 is 11.9 Å². The van der Waals surface area contributed by atoms with Gasteiger partial charge in [0.25, 0.3) is 5.91 Å². The van der Waals surface area contributed by atoms with Gasteiger partial charge in [-0.2, -0.15) is 0 Å². The van der Waals surface area contributed by atoms with Gasteiger partial charge >= 0.3 is 0 Å². The predicted molar refractivity (Wildman–Crippen MR) is 85.2 cm³/mol. The minimum Gasteiger partial charge on any atom is -0.361 e. The molecule has 1 N–H and O–H groups in total. The SMILES string of the molecule is Cc1noc(C)c1C(=O)NCc1ccnc(N2CCCCC2)n1. The first-order valence-electron chi connectivity index (χ1n) is 7.93. The largest absolute Gasteiger partial charge is 0.361 e. The molecule has 3 rings (SSSR count). The molecule has 23 heavy (non-hydrogen) atoms. The summed E-state index contributed by atoms with van der Waals surface area (Å²) in [6.45, 7) is 5.83. The van der Waals surface area contributed by atoms with Gasteiger partial charge in [0.15, 0.2) is 0 Å². The summed E-state index contributed by atoms with van der Waals surface area (Å²) in [5.41, 5.74) is 1.88. The summed E-state index contributed by atoms with van der Waals surface area (Å²) in [4.78, 5) is 23.3. The molecule has 7 nitrogen and oxygen atoms in total. The monoisotopic (exact) mass is 315 g/mol. The molecule has 7 heteroatoms. The van der Waals surface area contributed by atoms with Gasteiger partial charge in [-0.3, -0.25) is 4.79 Å². The number of carbonyl (C=O) groups is 1. The summed E-state index contributed by atoms with van der Waals surface area (Å²) in [6, 6.07) is 1.82. The van der Waals surface area contributed by atoms with Crippen LogP contribution in [0.3, 0.4) is 0 Å². The Hall–Kier alpha value is -2.44. The topological polar surface area (TPSA) is 84.2 Å². The van der Waals surface area contributed by atoms with E-state index in [0.29, 0.717) is 23.6 Å². The molecule has 0 aliphatic carbocycles. The second-order valence-corrected chi connectivity index (χ2v) is 5.78. The molecular formula is C16H21N5O2. The van der Waals surface area contributed by atoms with Gasteiger partial charge in [-0.05, 0) is 39.2 Å². The Kier molecular flexibility index (Phi) is 4.55. The minimum absolute atomic E-state index is 0.195. The number of amides is 1. The number of aryl methyl sites for hydroxylation is 2. The van der Waals surface area contributed by atoms with Gasteiger partial charge in [-0.15, -0.1) is 0 Å². The lowest BCUT2D eigenvalue weighted by atomic mass is 10.1. The third-order valence-corrected chi connectivity index (χ3v) is 4.03. The van der Waals surface area contributed by atoms with Crippen LogP contribution in [0.25, 0.3) is 0 Å². The molecule has 1 fully saturated rings. The lowest BCUT2D eigenvalue weighted by molar-refractivity contribution is 0.0948. The minimum atomic E-state index is -0.195. The zero-order valence-corrected chi connectivity index (χ0v) is 13.5. The molecule has 0 atom stereocenters. The van der Waals surface area contributed by atoms with Crippen molar-refractivity contribution < 1.29 is 9.32 Å². The third kappa shape index (κ3) is 3.49. The highest BCUT2D eigenvalue weighted by Crippen LogP contribution is 2.16. The van der Waals surface area contributed by atoms with Crippen molar-refractivity contribution in [3.63, 3.8) is 0 Å². The molecule has 0 saturated carbocycles. The average molecular weight is 315 g/mol. The van der Waals surface area contributed by atoms with Crippen molar-refractivity contribution in [2.24, 2.45) is 0 Å². The van der Waals surface area contributed by atoms with E-state index in [4.69, 9.17) is 4.52 Å². The maximum Gasteiger partial charge on any atom is 0.257 e. The van der Waals surface area contributed by atoms with Gasteiger partial charge in [0.05, 0.1) is 17.9 Å². The molecule has 3 heterocycles. The second-order valence-electron chi connectivity index (χ2n) is 5.78. The molecule has 122 valence electrons. The summed E-state index contributed by atoms with van der Waals surface area (Å²) in [5, 5.41) is 6.66. The number of aromatic nitrogens is 3. The van der Waals surface area contributed by atoms with Crippen LogP contribution in [-0.2, 0) is 6.54 Å². The first-order valence-corrected chi connectivity index (χ1v) is 7.93. The van der Waals surface area contributed by atoms with E-state index in [0.717, 1.165) is 24.7 Å². The van der Waals surface area contributed by atoms with Crippen molar-refractivity contribution in [3.8, 4) is 0 Å².